The number of hydrogen-bond donors (Lipinski definition) is 2. The van der Waals surface area contributed by atoms with E-state index in [-0.39, 0.29) is 24.2 Å². The minimum absolute atomic E-state index is 0.132. The summed E-state index contributed by atoms with van der Waals surface area (Å²) >= 11 is 0. The van der Waals surface area contributed by atoms with E-state index in [2.05, 4.69) is 25.8 Å². The van der Waals surface area contributed by atoms with Crippen LogP contribution in [-0.2, 0) is 11.0 Å². The second kappa shape index (κ2) is 8.28. The standard InChI is InChI=1S/C17H19F3N6O2/c1-28-13-6-8-22-16(23-13)25-24-15(27)11-4-3-9-26(10-11)14-12(17(18,19)20)5-2-7-21-14/h2,5-8,11H,3-4,9-10H2,1H3,(H,24,27)(H,22,23,25). The lowest BCUT2D eigenvalue weighted by atomic mass is 9.97. The smallest absolute Gasteiger partial charge is 0.419 e. The number of anilines is 2. The fraction of sp³-hybridized carbons (Fsp3) is 0.412. The summed E-state index contributed by atoms with van der Waals surface area (Å²) in [5.74, 6) is -0.554. The lowest BCUT2D eigenvalue weighted by molar-refractivity contribution is -0.137. The number of carbonyl (C=O) groups excluding carboxylic acids is 1. The minimum Gasteiger partial charge on any atom is -0.481 e. The van der Waals surface area contributed by atoms with Gasteiger partial charge in [-0.2, -0.15) is 18.2 Å². The Morgan fingerprint density at radius 3 is 2.86 bits per heavy atom. The number of amides is 1. The van der Waals surface area contributed by atoms with Crippen LogP contribution in [0, 0.1) is 5.92 Å². The molecule has 0 saturated carbocycles. The average Bonchev–Trinajstić information content (AvgIpc) is 2.71. The number of nitrogens with one attached hydrogen (secondary N) is 2. The lowest BCUT2D eigenvalue weighted by Crippen LogP contribution is -2.45. The molecule has 150 valence electrons. The molecule has 3 heterocycles. The van der Waals surface area contributed by atoms with Crippen molar-refractivity contribution in [1.29, 1.82) is 0 Å². The Kier molecular flexibility index (Phi) is 5.81. The van der Waals surface area contributed by atoms with E-state index in [1.807, 2.05) is 0 Å². The van der Waals surface area contributed by atoms with Gasteiger partial charge in [-0.25, -0.2) is 9.97 Å². The van der Waals surface area contributed by atoms with Gasteiger partial charge in [-0.1, -0.05) is 0 Å². The third kappa shape index (κ3) is 4.59. The van der Waals surface area contributed by atoms with Gasteiger partial charge in [-0.15, -0.1) is 0 Å². The molecule has 1 aliphatic heterocycles. The van der Waals surface area contributed by atoms with Crippen molar-refractivity contribution in [3.05, 3.63) is 36.2 Å². The van der Waals surface area contributed by atoms with Gasteiger partial charge >= 0.3 is 6.18 Å². The summed E-state index contributed by atoms with van der Waals surface area (Å²) in [7, 11) is 1.45. The van der Waals surface area contributed by atoms with Crippen molar-refractivity contribution < 1.29 is 22.7 Å². The summed E-state index contributed by atoms with van der Waals surface area (Å²) in [5, 5.41) is 0. The molecule has 0 aromatic carbocycles. The predicted octanol–water partition coefficient (Wildman–Crippen LogP) is 2.26. The Labute approximate surface area is 159 Å². The van der Waals surface area contributed by atoms with Crippen LogP contribution >= 0.6 is 0 Å². The quantitative estimate of drug-likeness (QED) is 0.749. The van der Waals surface area contributed by atoms with Crippen LogP contribution in [0.25, 0.3) is 0 Å². The van der Waals surface area contributed by atoms with Crippen LogP contribution in [0.4, 0.5) is 24.9 Å². The third-order valence-electron chi connectivity index (χ3n) is 4.32. The Morgan fingerprint density at radius 2 is 2.11 bits per heavy atom. The van der Waals surface area contributed by atoms with Crippen LogP contribution in [0.1, 0.15) is 18.4 Å². The molecular weight excluding hydrogens is 377 g/mol. The molecule has 1 saturated heterocycles. The summed E-state index contributed by atoms with van der Waals surface area (Å²) in [5.41, 5.74) is 4.28. The molecule has 3 rings (SSSR count). The fourth-order valence-electron chi connectivity index (χ4n) is 2.99. The zero-order valence-corrected chi connectivity index (χ0v) is 15.0. The van der Waals surface area contributed by atoms with Crippen LogP contribution in [0.15, 0.2) is 30.6 Å². The van der Waals surface area contributed by atoms with Gasteiger partial charge in [0.05, 0.1) is 18.6 Å². The number of nitrogens with zero attached hydrogens (tertiary/aromatic N) is 4. The van der Waals surface area contributed by atoms with Crippen LogP contribution in [0.2, 0.25) is 0 Å². The molecule has 2 N–H and O–H groups in total. The molecular formula is C17H19F3N6O2. The van der Waals surface area contributed by atoms with Gasteiger partial charge in [0.2, 0.25) is 17.7 Å². The van der Waals surface area contributed by atoms with E-state index in [0.29, 0.717) is 25.3 Å². The number of carbonyl (C=O) groups is 1. The van der Waals surface area contributed by atoms with Crippen molar-refractivity contribution in [2.45, 2.75) is 19.0 Å². The molecule has 11 heteroatoms. The van der Waals surface area contributed by atoms with Crippen molar-refractivity contribution in [3.8, 4) is 5.88 Å². The van der Waals surface area contributed by atoms with Gasteiger partial charge in [0.15, 0.2) is 0 Å². The van der Waals surface area contributed by atoms with Crippen molar-refractivity contribution in [2.75, 3.05) is 30.5 Å². The Bertz CT molecular complexity index is 833. The molecule has 1 atom stereocenters. The van der Waals surface area contributed by atoms with E-state index < -0.39 is 17.7 Å². The number of pyridine rings is 1. The first-order chi connectivity index (χ1) is 13.4. The highest BCUT2D eigenvalue weighted by molar-refractivity contribution is 5.80. The molecule has 1 unspecified atom stereocenters. The van der Waals surface area contributed by atoms with Crippen molar-refractivity contribution in [2.24, 2.45) is 5.92 Å². The number of rotatable bonds is 5. The summed E-state index contributed by atoms with van der Waals surface area (Å²) in [6, 6.07) is 3.79. The second-order valence-electron chi connectivity index (χ2n) is 6.19. The number of piperidine rings is 1. The number of methoxy groups -OCH3 is 1. The van der Waals surface area contributed by atoms with Crippen LogP contribution in [0.5, 0.6) is 5.88 Å². The maximum Gasteiger partial charge on any atom is 0.419 e. The van der Waals surface area contributed by atoms with E-state index in [1.165, 1.54) is 30.5 Å². The number of alkyl halides is 3. The molecule has 8 nitrogen and oxygen atoms in total. The number of aromatic nitrogens is 3. The maximum atomic E-state index is 13.2. The molecule has 28 heavy (non-hydrogen) atoms. The van der Waals surface area contributed by atoms with E-state index >= 15 is 0 Å². The van der Waals surface area contributed by atoms with Gasteiger partial charge in [-0.3, -0.25) is 15.6 Å². The SMILES string of the molecule is COc1ccnc(NNC(=O)C2CCCN(c3ncccc3C(F)(F)F)C2)n1. The molecule has 2 aromatic rings. The van der Waals surface area contributed by atoms with Crippen molar-refractivity contribution in [1.82, 2.24) is 20.4 Å². The predicted molar refractivity (Wildman–Crippen MR) is 94.5 cm³/mol. The number of hydrogen-bond acceptors (Lipinski definition) is 7. The fourth-order valence-corrected chi connectivity index (χ4v) is 2.99. The molecule has 0 radical (unpaired) electrons. The van der Waals surface area contributed by atoms with Crippen LogP contribution < -0.4 is 20.5 Å². The van der Waals surface area contributed by atoms with Gasteiger partial charge in [-0.05, 0) is 25.0 Å². The van der Waals surface area contributed by atoms with Gasteiger partial charge in [0.25, 0.3) is 0 Å². The Balaban J connectivity index is 1.66. The topological polar surface area (TPSA) is 92.3 Å². The molecule has 1 fully saturated rings. The number of ether oxygens (including phenoxy) is 1. The molecule has 0 spiro atoms. The monoisotopic (exact) mass is 396 g/mol. The van der Waals surface area contributed by atoms with E-state index in [9.17, 15) is 18.0 Å². The van der Waals surface area contributed by atoms with Gasteiger partial charge in [0, 0.05) is 31.5 Å². The number of hydrazine groups is 1. The summed E-state index contributed by atoms with van der Waals surface area (Å²) < 4.78 is 44.7. The summed E-state index contributed by atoms with van der Waals surface area (Å²) in [4.78, 5) is 25.8. The Hall–Kier alpha value is -3.11. The number of halogens is 3. The normalized spacial score (nSPS) is 17.1. The van der Waals surface area contributed by atoms with Gasteiger partial charge in [0.1, 0.15) is 5.82 Å². The highest BCUT2D eigenvalue weighted by atomic mass is 19.4. The maximum absolute atomic E-state index is 13.2. The molecule has 1 amide bonds. The highest BCUT2D eigenvalue weighted by Gasteiger charge is 2.37. The molecule has 0 bridgehead atoms. The third-order valence-corrected chi connectivity index (χ3v) is 4.32. The lowest BCUT2D eigenvalue weighted by Gasteiger charge is -2.34. The molecule has 0 aliphatic carbocycles. The largest absolute Gasteiger partial charge is 0.481 e. The van der Waals surface area contributed by atoms with Gasteiger partial charge < -0.3 is 9.64 Å². The van der Waals surface area contributed by atoms with Crippen molar-refractivity contribution >= 4 is 17.7 Å². The first-order valence-corrected chi connectivity index (χ1v) is 8.58. The zero-order chi connectivity index (χ0) is 20.1. The first kappa shape index (κ1) is 19.6. The van der Waals surface area contributed by atoms with E-state index in [1.54, 1.807) is 6.07 Å². The average molecular weight is 396 g/mol. The molecule has 2 aromatic heterocycles. The minimum atomic E-state index is -4.51. The summed E-state index contributed by atoms with van der Waals surface area (Å²) in [6.45, 7) is 0.531. The summed E-state index contributed by atoms with van der Waals surface area (Å²) in [6.07, 6.45) is -0.610. The van der Waals surface area contributed by atoms with Crippen LogP contribution in [0.3, 0.4) is 0 Å². The van der Waals surface area contributed by atoms with Crippen molar-refractivity contribution in [3.63, 3.8) is 0 Å². The first-order valence-electron chi connectivity index (χ1n) is 8.58. The second-order valence-corrected chi connectivity index (χ2v) is 6.19. The zero-order valence-electron chi connectivity index (χ0n) is 15.0. The highest BCUT2D eigenvalue weighted by Crippen LogP contribution is 2.36. The van der Waals surface area contributed by atoms with E-state index in [0.717, 1.165) is 6.07 Å². The van der Waals surface area contributed by atoms with Crippen LogP contribution in [-0.4, -0.2) is 41.1 Å². The molecule has 1 aliphatic rings. The van der Waals surface area contributed by atoms with E-state index in [4.69, 9.17) is 4.74 Å². The Morgan fingerprint density at radius 1 is 1.29 bits per heavy atom.